The molecule has 0 atom stereocenters. The molecule has 2 nitrogen and oxygen atoms in total. The van der Waals surface area contributed by atoms with Crippen molar-refractivity contribution in [2.24, 2.45) is 0 Å². The maximum absolute atomic E-state index is 14.0. The Labute approximate surface area is 125 Å². The Balaban J connectivity index is 2.39. The van der Waals surface area contributed by atoms with Crippen molar-refractivity contribution in [1.82, 2.24) is 4.57 Å². The lowest BCUT2D eigenvalue weighted by Crippen LogP contribution is -2.10. The second-order valence-corrected chi connectivity index (χ2v) is 6.45. The fourth-order valence-electron chi connectivity index (χ4n) is 3.69. The van der Waals surface area contributed by atoms with Crippen LogP contribution in [0.15, 0.2) is 12.1 Å². The lowest BCUT2D eigenvalue weighted by Gasteiger charge is -2.20. The van der Waals surface area contributed by atoms with E-state index in [0.29, 0.717) is 17.2 Å². The highest BCUT2D eigenvalue weighted by molar-refractivity contribution is 5.89. The van der Waals surface area contributed by atoms with Crippen molar-refractivity contribution in [2.45, 2.75) is 58.4 Å². The van der Waals surface area contributed by atoms with Crippen LogP contribution in [0.5, 0.6) is 0 Å². The van der Waals surface area contributed by atoms with E-state index in [1.165, 1.54) is 12.8 Å². The summed E-state index contributed by atoms with van der Waals surface area (Å²) < 4.78 is 16.3. The van der Waals surface area contributed by atoms with Gasteiger partial charge >= 0.3 is 0 Å². The van der Waals surface area contributed by atoms with E-state index in [0.717, 1.165) is 29.4 Å². The quantitative estimate of drug-likeness (QED) is 0.745. The van der Waals surface area contributed by atoms with Crippen LogP contribution in [0, 0.1) is 24.1 Å². The molecule has 1 aliphatic rings. The molecule has 1 aromatic heterocycles. The number of benzene rings is 1. The SMILES string of the molecule is Cc1cc2c(cc1F)c(C#N)c(C(C)C)n2C1CCCC1. The minimum absolute atomic E-state index is 0.224. The van der Waals surface area contributed by atoms with Crippen LogP contribution in [0.25, 0.3) is 10.9 Å². The van der Waals surface area contributed by atoms with Gasteiger partial charge < -0.3 is 4.57 Å². The first-order valence-corrected chi connectivity index (χ1v) is 7.78. The first-order chi connectivity index (χ1) is 10.0. The number of aryl methyl sites for hydroxylation is 1. The van der Waals surface area contributed by atoms with Crippen molar-refractivity contribution in [3.8, 4) is 6.07 Å². The highest BCUT2D eigenvalue weighted by Crippen LogP contribution is 2.40. The molecule has 0 unspecified atom stereocenters. The summed E-state index contributed by atoms with van der Waals surface area (Å²) >= 11 is 0. The smallest absolute Gasteiger partial charge is 0.126 e. The summed E-state index contributed by atoms with van der Waals surface area (Å²) in [5.41, 5.74) is 3.41. The zero-order chi connectivity index (χ0) is 15.1. The number of nitrogens with zero attached hydrogens (tertiary/aromatic N) is 2. The minimum atomic E-state index is -0.224. The predicted molar refractivity (Wildman–Crippen MR) is 82.9 cm³/mol. The Morgan fingerprint density at radius 1 is 1.29 bits per heavy atom. The summed E-state index contributed by atoms with van der Waals surface area (Å²) in [6, 6.07) is 6.23. The largest absolute Gasteiger partial charge is 0.340 e. The molecule has 21 heavy (non-hydrogen) atoms. The number of hydrogen-bond donors (Lipinski definition) is 0. The lowest BCUT2D eigenvalue weighted by molar-refractivity contribution is 0.506. The van der Waals surface area contributed by atoms with E-state index in [4.69, 9.17) is 0 Å². The molecule has 1 heterocycles. The van der Waals surface area contributed by atoms with Crippen LogP contribution >= 0.6 is 0 Å². The van der Waals surface area contributed by atoms with Crippen LogP contribution < -0.4 is 0 Å². The summed E-state index contributed by atoms with van der Waals surface area (Å²) in [4.78, 5) is 0. The van der Waals surface area contributed by atoms with Crippen molar-refractivity contribution in [3.05, 3.63) is 34.8 Å². The number of aromatic nitrogens is 1. The third-order valence-corrected chi connectivity index (χ3v) is 4.67. The molecular weight excluding hydrogens is 263 g/mol. The Morgan fingerprint density at radius 2 is 1.95 bits per heavy atom. The first-order valence-electron chi connectivity index (χ1n) is 7.78. The maximum Gasteiger partial charge on any atom is 0.126 e. The van der Waals surface area contributed by atoms with Gasteiger partial charge in [-0.1, -0.05) is 26.7 Å². The van der Waals surface area contributed by atoms with Gasteiger partial charge in [-0.3, -0.25) is 0 Å². The fraction of sp³-hybridized carbons (Fsp3) is 0.500. The summed E-state index contributed by atoms with van der Waals surface area (Å²) in [7, 11) is 0. The number of hydrogen-bond acceptors (Lipinski definition) is 1. The normalized spacial score (nSPS) is 16.0. The van der Waals surface area contributed by atoms with Crippen molar-refractivity contribution >= 4 is 10.9 Å². The van der Waals surface area contributed by atoms with E-state index >= 15 is 0 Å². The zero-order valence-corrected chi connectivity index (χ0v) is 12.9. The molecule has 0 radical (unpaired) electrons. The third kappa shape index (κ3) is 2.14. The van der Waals surface area contributed by atoms with Gasteiger partial charge in [-0.05, 0) is 43.4 Å². The van der Waals surface area contributed by atoms with E-state index in [2.05, 4.69) is 24.5 Å². The van der Waals surface area contributed by atoms with E-state index < -0.39 is 0 Å². The molecule has 0 saturated heterocycles. The summed E-state index contributed by atoms with van der Waals surface area (Å²) in [5, 5.41) is 10.4. The van der Waals surface area contributed by atoms with Crippen LogP contribution in [-0.4, -0.2) is 4.57 Å². The van der Waals surface area contributed by atoms with Gasteiger partial charge in [0, 0.05) is 17.1 Å². The lowest BCUT2D eigenvalue weighted by atomic mass is 10.0. The highest BCUT2D eigenvalue weighted by atomic mass is 19.1. The molecular formula is C18H21FN2. The Morgan fingerprint density at radius 3 is 2.52 bits per heavy atom. The minimum Gasteiger partial charge on any atom is -0.340 e. The number of fused-ring (bicyclic) bond motifs is 1. The molecule has 3 heteroatoms. The van der Waals surface area contributed by atoms with Crippen LogP contribution in [0.1, 0.15) is 68.3 Å². The number of rotatable bonds is 2. The van der Waals surface area contributed by atoms with E-state index in [1.54, 1.807) is 13.0 Å². The van der Waals surface area contributed by atoms with Gasteiger partial charge in [0.1, 0.15) is 11.9 Å². The van der Waals surface area contributed by atoms with E-state index in [1.807, 2.05) is 6.07 Å². The van der Waals surface area contributed by atoms with Gasteiger partial charge in [0.25, 0.3) is 0 Å². The second kappa shape index (κ2) is 5.18. The average Bonchev–Trinajstić information content (AvgIpc) is 3.04. The fourth-order valence-corrected chi connectivity index (χ4v) is 3.69. The van der Waals surface area contributed by atoms with E-state index in [-0.39, 0.29) is 11.7 Å². The van der Waals surface area contributed by atoms with Crippen molar-refractivity contribution in [1.29, 1.82) is 5.26 Å². The van der Waals surface area contributed by atoms with Crippen molar-refractivity contribution in [2.75, 3.05) is 0 Å². The summed E-state index contributed by atoms with van der Waals surface area (Å²) in [6.45, 7) is 6.02. The molecule has 0 N–H and O–H groups in total. The molecule has 2 aromatic rings. The standard InChI is InChI=1S/C18H21FN2/c1-11(2)18-15(10-20)14-9-16(19)12(3)8-17(14)21(18)13-6-4-5-7-13/h8-9,11,13H,4-7H2,1-3H3. The Hall–Kier alpha value is -1.82. The highest BCUT2D eigenvalue weighted by Gasteiger charge is 2.27. The van der Waals surface area contributed by atoms with Crippen molar-refractivity contribution in [3.63, 3.8) is 0 Å². The maximum atomic E-state index is 14.0. The molecule has 1 fully saturated rings. The third-order valence-electron chi connectivity index (χ3n) is 4.67. The van der Waals surface area contributed by atoms with Gasteiger partial charge in [0.15, 0.2) is 0 Å². The first kappa shape index (κ1) is 14.1. The molecule has 0 aliphatic heterocycles. The summed E-state index contributed by atoms with van der Waals surface area (Å²) in [6.07, 6.45) is 4.80. The molecule has 1 saturated carbocycles. The monoisotopic (exact) mass is 284 g/mol. The van der Waals surface area contributed by atoms with Crippen LogP contribution in [0.3, 0.4) is 0 Å². The topological polar surface area (TPSA) is 28.7 Å². The van der Waals surface area contributed by atoms with Gasteiger partial charge in [-0.2, -0.15) is 5.26 Å². The van der Waals surface area contributed by atoms with Crippen LogP contribution in [0.4, 0.5) is 4.39 Å². The molecule has 3 rings (SSSR count). The molecule has 0 spiro atoms. The number of halogens is 1. The van der Waals surface area contributed by atoms with Gasteiger partial charge in [-0.25, -0.2) is 4.39 Å². The molecule has 1 aromatic carbocycles. The molecule has 1 aliphatic carbocycles. The number of nitriles is 1. The zero-order valence-electron chi connectivity index (χ0n) is 12.9. The van der Waals surface area contributed by atoms with Crippen LogP contribution in [0.2, 0.25) is 0 Å². The van der Waals surface area contributed by atoms with Gasteiger partial charge in [0.05, 0.1) is 11.1 Å². The predicted octanol–water partition coefficient (Wildman–Crippen LogP) is 5.20. The van der Waals surface area contributed by atoms with Gasteiger partial charge in [0.2, 0.25) is 0 Å². The Bertz CT molecular complexity index is 728. The molecule has 0 amide bonds. The average molecular weight is 284 g/mol. The molecule has 110 valence electrons. The Kier molecular flexibility index (Phi) is 3.49. The summed E-state index contributed by atoms with van der Waals surface area (Å²) in [5.74, 6) is 0.0360. The van der Waals surface area contributed by atoms with Crippen LogP contribution in [-0.2, 0) is 0 Å². The van der Waals surface area contributed by atoms with Crippen molar-refractivity contribution < 1.29 is 4.39 Å². The second-order valence-electron chi connectivity index (χ2n) is 6.45. The van der Waals surface area contributed by atoms with Gasteiger partial charge in [-0.15, -0.1) is 0 Å². The molecule has 0 bridgehead atoms. The van der Waals surface area contributed by atoms with E-state index in [9.17, 15) is 9.65 Å².